The second kappa shape index (κ2) is 6.77. The fourth-order valence-electron chi connectivity index (χ4n) is 2.60. The molecule has 3 aromatic rings. The zero-order chi connectivity index (χ0) is 15.2. The number of para-hydroxylation sites is 2. The second-order valence-electron chi connectivity index (χ2n) is 5.16. The van der Waals surface area contributed by atoms with Gasteiger partial charge in [0.25, 0.3) is 0 Å². The van der Waals surface area contributed by atoms with Crippen molar-refractivity contribution in [2.45, 2.75) is 6.54 Å². The van der Waals surface area contributed by atoms with Crippen LogP contribution < -0.4 is 4.90 Å². The van der Waals surface area contributed by atoms with Crippen LogP contribution in [0.4, 0.5) is 11.4 Å². The summed E-state index contributed by atoms with van der Waals surface area (Å²) < 4.78 is 0. The van der Waals surface area contributed by atoms with Gasteiger partial charge in [-0.15, -0.1) is 0 Å². The molecule has 108 valence electrons. The van der Waals surface area contributed by atoms with Crippen LogP contribution in [-0.4, -0.2) is 0 Å². The maximum Gasteiger partial charge on any atom is 0.0487 e. The Balaban J connectivity index is 2.01. The van der Waals surface area contributed by atoms with Gasteiger partial charge in [-0.05, 0) is 35.4 Å². The smallest absolute Gasteiger partial charge is 0.0487 e. The maximum absolute atomic E-state index is 3.93. The molecule has 3 rings (SSSR count). The molecule has 1 nitrogen and oxygen atoms in total. The first-order chi connectivity index (χ1) is 10.9. The van der Waals surface area contributed by atoms with Gasteiger partial charge in [-0.25, -0.2) is 0 Å². The Morgan fingerprint density at radius 3 is 1.73 bits per heavy atom. The van der Waals surface area contributed by atoms with Crippen LogP contribution in [0.5, 0.6) is 0 Å². The van der Waals surface area contributed by atoms with Crippen molar-refractivity contribution < 1.29 is 0 Å². The van der Waals surface area contributed by atoms with E-state index in [1.807, 2.05) is 18.2 Å². The van der Waals surface area contributed by atoms with Gasteiger partial charge < -0.3 is 4.90 Å². The highest BCUT2D eigenvalue weighted by atomic mass is 15.1. The van der Waals surface area contributed by atoms with E-state index in [0.29, 0.717) is 0 Å². The lowest BCUT2D eigenvalue weighted by Gasteiger charge is -2.26. The molecule has 0 atom stereocenters. The van der Waals surface area contributed by atoms with Crippen LogP contribution in [0.25, 0.3) is 6.08 Å². The average Bonchev–Trinajstić information content (AvgIpc) is 2.61. The standard InChI is InChI=1S/C21H19N/c1-2-18-11-9-10-12-19(18)17-22(20-13-5-3-6-14-20)21-15-7-4-8-16-21/h2-16H,1,17H2. The minimum Gasteiger partial charge on any atom is -0.337 e. The highest BCUT2D eigenvalue weighted by Crippen LogP contribution is 2.28. The van der Waals surface area contributed by atoms with Gasteiger partial charge in [0.15, 0.2) is 0 Å². The number of anilines is 2. The van der Waals surface area contributed by atoms with E-state index in [1.165, 1.54) is 22.5 Å². The summed E-state index contributed by atoms with van der Waals surface area (Å²) in [5.41, 5.74) is 4.82. The summed E-state index contributed by atoms with van der Waals surface area (Å²) in [7, 11) is 0. The largest absolute Gasteiger partial charge is 0.337 e. The molecule has 0 amide bonds. The number of hydrogen-bond acceptors (Lipinski definition) is 1. The van der Waals surface area contributed by atoms with E-state index in [-0.39, 0.29) is 0 Å². The van der Waals surface area contributed by atoms with Crippen molar-refractivity contribution in [2.75, 3.05) is 4.90 Å². The molecule has 0 saturated carbocycles. The third kappa shape index (κ3) is 3.09. The van der Waals surface area contributed by atoms with E-state index < -0.39 is 0 Å². The Hall–Kier alpha value is -2.80. The van der Waals surface area contributed by atoms with Crippen molar-refractivity contribution in [3.8, 4) is 0 Å². The molecule has 0 aliphatic carbocycles. The molecule has 0 spiro atoms. The van der Waals surface area contributed by atoms with Crippen LogP contribution in [0.3, 0.4) is 0 Å². The Morgan fingerprint density at radius 2 is 1.18 bits per heavy atom. The van der Waals surface area contributed by atoms with E-state index in [1.54, 1.807) is 0 Å². The van der Waals surface area contributed by atoms with Crippen LogP contribution in [0.15, 0.2) is 91.5 Å². The van der Waals surface area contributed by atoms with Crippen LogP contribution in [0.1, 0.15) is 11.1 Å². The lowest BCUT2D eigenvalue weighted by atomic mass is 10.1. The van der Waals surface area contributed by atoms with E-state index in [2.05, 4.69) is 84.3 Å². The summed E-state index contributed by atoms with van der Waals surface area (Å²) in [5.74, 6) is 0. The average molecular weight is 285 g/mol. The Kier molecular flexibility index (Phi) is 4.35. The van der Waals surface area contributed by atoms with Crippen molar-refractivity contribution >= 4 is 17.5 Å². The summed E-state index contributed by atoms with van der Waals surface area (Å²) >= 11 is 0. The monoisotopic (exact) mass is 285 g/mol. The van der Waals surface area contributed by atoms with Gasteiger partial charge in [-0.1, -0.05) is 73.3 Å². The molecule has 0 unspecified atom stereocenters. The van der Waals surface area contributed by atoms with Crippen molar-refractivity contribution in [3.05, 3.63) is 103 Å². The fourth-order valence-corrected chi connectivity index (χ4v) is 2.60. The molecule has 0 radical (unpaired) electrons. The molecule has 0 aliphatic rings. The lowest BCUT2D eigenvalue weighted by molar-refractivity contribution is 0.972. The second-order valence-corrected chi connectivity index (χ2v) is 5.16. The predicted octanol–water partition coefficient (Wildman–Crippen LogP) is 5.67. The summed E-state index contributed by atoms with van der Waals surface area (Å²) in [4.78, 5) is 2.32. The molecule has 3 aromatic carbocycles. The Labute approximate surface area is 132 Å². The molecule has 0 fully saturated rings. The molecule has 0 aromatic heterocycles. The van der Waals surface area contributed by atoms with Gasteiger partial charge in [-0.2, -0.15) is 0 Å². The minimum atomic E-state index is 0.816. The third-order valence-corrected chi connectivity index (χ3v) is 3.74. The van der Waals surface area contributed by atoms with Crippen LogP contribution in [-0.2, 0) is 6.54 Å². The van der Waals surface area contributed by atoms with Crippen molar-refractivity contribution in [3.63, 3.8) is 0 Å². The van der Waals surface area contributed by atoms with E-state index in [0.717, 1.165) is 6.54 Å². The van der Waals surface area contributed by atoms with Crippen LogP contribution >= 0.6 is 0 Å². The van der Waals surface area contributed by atoms with Crippen molar-refractivity contribution in [2.24, 2.45) is 0 Å². The van der Waals surface area contributed by atoms with Gasteiger partial charge in [0, 0.05) is 17.9 Å². The molecule has 0 saturated heterocycles. The molecule has 0 aliphatic heterocycles. The first-order valence-electron chi connectivity index (χ1n) is 7.46. The van der Waals surface area contributed by atoms with Crippen molar-refractivity contribution in [1.29, 1.82) is 0 Å². The zero-order valence-electron chi connectivity index (χ0n) is 12.5. The van der Waals surface area contributed by atoms with Gasteiger partial charge in [0.05, 0.1) is 0 Å². The lowest BCUT2D eigenvalue weighted by Crippen LogP contribution is -2.16. The van der Waals surface area contributed by atoms with Crippen LogP contribution in [0, 0.1) is 0 Å². The number of hydrogen-bond donors (Lipinski definition) is 0. The number of benzene rings is 3. The fraction of sp³-hybridized carbons (Fsp3) is 0.0476. The summed E-state index contributed by atoms with van der Waals surface area (Å²) in [6.07, 6.45) is 1.92. The molecule has 0 N–H and O–H groups in total. The van der Waals surface area contributed by atoms with Crippen molar-refractivity contribution in [1.82, 2.24) is 0 Å². The molecular formula is C21H19N. The summed E-state index contributed by atoms with van der Waals surface area (Å²) in [6, 6.07) is 29.4. The molecule has 0 bridgehead atoms. The van der Waals surface area contributed by atoms with E-state index in [9.17, 15) is 0 Å². The minimum absolute atomic E-state index is 0.816. The third-order valence-electron chi connectivity index (χ3n) is 3.74. The first-order valence-corrected chi connectivity index (χ1v) is 7.46. The number of nitrogens with zero attached hydrogens (tertiary/aromatic N) is 1. The highest BCUT2D eigenvalue weighted by Gasteiger charge is 2.10. The first kappa shape index (κ1) is 14.2. The van der Waals surface area contributed by atoms with Gasteiger partial charge in [-0.3, -0.25) is 0 Å². The summed E-state index contributed by atoms with van der Waals surface area (Å²) in [6.45, 7) is 4.74. The van der Waals surface area contributed by atoms with Crippen LogP contribution in [0.2, 0.25) is 0 Å². The van der Waals surface area contributed by atoms with E-state index >= 15 is 0 Å². The maximum atomic E-state index is 3.93. The van der Waals surface area contributed by atoms with Gasteiger partial charge >= 0.3 is 0 Å². The normalized spacial score (nSPS) is 10.2. The SMILES string of the molecule is C=Cc1ccccc1CN(c1ccccc1)c1ccccc1. The molecule has 0 heterocycles. The Bertz CT molecular complexity index is 693. The Morgan fingerprint density at radius 1 is 0.682 bits per heavy atom. The molecular weight excluding hydrogens is 266 g/mol. The quantitative estimate of drug-likeness (QED) is 0.584. The highest BCUT2D eigenvalue weighted by molar-refractivity contribution is 5.64. The number of rotatable bonds is 5. The van der Waals surface area contributed by atoms with E-state index in [4.69, 9.17) is 0 Å². The topological polar surface area (TPSA) is 3.24 Å². The molecule has 1 heteroatoms. The van der Waals surface area contributed by atoms with Gasteiger partial charge in [0.1, 0.15) is 0 Å². The zero-order valence-corrected chi connectivity index (χ0v) is 12.5. The predicted molar refractivity (Wildman–Crippen MR) is 95.3 cm³/mol. The summed E-state index contributed by atoms with van der Waals surface area (Å²) in [5, 5.41) is 0. The molecule has 22 heavy (non-hydrogen) atoms. The van der Waals surface area contributed by atoms with Gasteiger partial charge in [0.2, 0.25) is 0 Å².